The molecule has 18 heavy (non-hydrogen) atoms. The van der Waals surface area contributed by atoms with E-state index in [0.717, 1.165) is 13.0 Å². The Labute approximate surface area is 113 Å². The molecule has 0 unspecified atom stereocenters. The summed E-state index contributed by atoms with van der Waals surface area (Å²) < 4.78 is 0. The van der Waals surface area contributed by atoms with E-state index in [1.54, 1.807) is 12.2 Å². The van der Waals surface area contributed by atoms with Gasteiger partial charge in [0.2, 0.25) is 17.2 Å². The summed E-state index contributed by atoms with van der Waals surface area (Å²) in [5.74, 6) is 1.01. The molecule has 0 saturated carbocycles. The molecule has 0 bridgehead atoms. The number of hydrogen-bond acceptors (Lipinski definition) is 5. The van der Waals surface area contributed by atoms with Gasteiger partial charge in [-0.15, -0.1) is 13.2 Å². The van der Waals surface area contributed by atoms with Crippen LogP contribution in [-0.4, -0.2) is 34.6 Å². The number of halogens is 1. The van der Waals surface area contributed by atoms with Crippen molar-refractivity contribution in [2.45, 2.75) is 13.3 Å². The van der Waals surface area contributed by atoms with Crippen molar-refractivity contribution in [2.24, 2.45) is 0 Å². The summed E-state index contributed by atoms with van der Waals surface area (Å²) in [6.07, 6.45) is 4.54. The van der Waals surface area contributed by atoms with Crippen LogP contribution in [0.3, 0.4) is 0 Å². The largest absolute Gasteiger partial charge is 0.354 e. The molecular formula is C12H18ClN5. The molecule has 6 heteroatoms. The van der Waals surface area contributed by atoms with Gasteiger partial charge in [0.05, 0.1) is 0 Å². The smallest absolute Gasteiger partial charge is 0.232 e. The lowest BCUT2D eigenvalue weighted by Gasteiger charge is -2.19. The maximum atomic E-state index is 5.89. The molecule has 1 heterocycles. The topological polar surface area (TPSA) is 53.9 Å². The molecule has 0 aromatic carbocycles. The van der Waals surface area contributed by atoms with Crippen LogP contribution >= 0.6 is 11.6 Å². The number of aromatic nitrogens is 3. The van der Waals surface area contributed by atoms with Crippen molar-refractivity contribution in [3.8, 4) is 0 Å². The molecule has 1 aromatic heterocycles. The van der Waals surface area contributed by atoms with Crippen molar-refractivity contribution in [1.29, 1.82) is 0 Å². The highest BCUT2D eigenvalue weighted by molar-refractivity contribution is 6.28. The Kier molecular flexibility index (Phi) is 6.14. The van der Waals surface area contributed by atoms with Crippen molar-refractivity contribution in [3.63, 3.8) is 0 Å². The van der Waals surface area contributed by atoms with Gasteiger partial charge >= 0.3 is 0 Å². The molecule has 0 aliphatic carbocycles. The Hall–Kier alpha value is -1.62. The molecule has 0 amide bonds. The average molecular weight is 268 g/mol. The Morgan fingerprint density at radius 3 is 2.44 bits per heavy atom. The third-order valence-corrected chi connectivity index (χ3v) is 2.28. The molecular weight excluding hydrogens is 250 g/mol. The summed E-state index contributed by atoms with van der Waals surface area (Å²) in [7, 11) is 0. The first-order chi connectivity index (χ1) is 8.71. The third kappa shape index (κ3) is 4.33. The first-order valence-electron chi connectivity index (χ1n) is 5.83. The van der Waals surface area contributed by atoms with E-state index in [0.29, 0.717) is 25.0 Å². The molecule has 0 spiro atoms. The van der Waals surface area contributed by atoms with Gasteiger partial charge in [-0.25, -0.2) is 0 Å². The van der Waals surface area contributed by atoms with Crippen molar-refractivity contribution in [2.75, 3.05) is 29.9 Å². The minimum Gasteiger partial charge on any atom is -0.354 e. The molecule has 5 nitrogen and oxygen atoms in total. The molecule has 0 aliphatic rings. The summed E-state index contributed by atoms with van der Waals surface area (Å²) in [5.41, 5.74) is 0. The number of anilines is 2. The van der Waals surface area contributed by atoms with E-state index < -0.39 is 0 Å². The lowest BCUT2D eigenvalue weighted by atomic mass is 10.4. The van der Waals surface area contributed by atoms with Crippen LogP contribution < -0.4 is 10.2 Å². The Morgan fingerprint density at radius 1 is 1.22 bits per heavy atom. The van der Waals surface area contributed by atoms with Crippen LogP contribution in [0.1, 0.15) is 13.3 Å². The van der Waals surface area contributed by atoms with Crippen molar-refractivity contribution >= 4 is 23.5 Å². The van der Waals surface area contributed by atoms with Gasteiger partial charge in [-0.05, 0) is 18.0 Å². The maximum Gasteiger partial charge on any atom is 0.232 e. The molecule has 1 aromatic rings. The Balaban J connectivity index is 2.93. The fraction of sp³-hybridized carbons (Fsp3) is 0.417. The molecule has 98 valence electrons. The minimum atomic E-state index is 0.178. The number of nitrogens with one attached hydrogen (secondary N) is 1. The van der Waals surface area contributed by atoms with Gasteiger partial charge in [0.1, 0.15) is 0 Å². The lowest BCUT2D eigenvalue weighted by Crippen LogP contribution is -2.26. The summed E-state index contributed by atoms with van der Waals surface area (Å²) in [5, 5.41) is 3.27. The van der Waals surface area contributed by atoms with Crippen molar-refractivity contribution in [1.82, 2.24) is 15.0 Å². The van der Waals surface area contributed by atoms with Gasteiger partial charge < -0.3 is 10.2 Å². The maximum absolute atomic E-state index is 5.89. The summed E-state index contributed by atoms with van der Waals surface area (Å²) in [6, 6.07) is 0. The van der Waals surface area contributed by atoms with E-state index in [-0.39, 0.29) is 5.28 Å². The van der Waals surface area contributed by atoms with E-state index in [9.17, 15) is 0 Å². The molecule has 0 aliphatic heterocycles. The highest BCUT2D eigenvalue weighted by Crippen LogP contribution is 2.13. The van der Waals surface area contributed by atoms with Gasteiger partial charge in [-0.1, -0.05) is 19.1 Å². The fourth-order valence-electron chi connectivity index (χ4n) is 1.35. The van der Waals surface area contributed by atoms with Gasteiger partial charge in [-0.3, -0.25) is 0 Å². The van der Waals surface area contributed by atoms with Crippen LogP contribution in [0.15, 0.2) is 25.3 Å². The van der Waals surface area contributed by atoms with E-state index >= 15 is 0 Å². The zero-order valence-electron chi connectivity index (χ0n) is 10.6. The Morgan fingerprint density at radius 2 is 1.89 bits per heavy atom. The molecule has 0 saturated heterocycles. The monoisotopic (exact) mass is 267 g/mol. The summed E-state index contributed by atoms with van der Waals surface area (Å²) in [6.45, 7) is 11.5. The zero-order valence-corrected chi connectivity index (χ0v) is 11.3. The van der Waals surface area contributed by atoms with Gasteiger partial charge in [-0.2, -0.15) is 15.0 Å². The van der Waals surface area contributed by atoms with Crippen LogP contribution in [0.5, 0.6) is 0 Å². The van der Waals surface area contributed by atoms with Gasteiger partial charge in [0.25, 0.3) is 0 Å². The fourth-order valence-corrected chi connectivity index (χ4v) is 1.50. The minimum absolute atomic E-state index is 0.178. The summed E-state index contributed by atoms with van der Waals surface area (Å²) >= 11 is 5.89. The molecule has 0 radical (unpaired) electrons. The number of hydrogen-bond donors (Lipinski definition) is 1. The van der Waals surface area contributed by atoms with Crippen LogP contribution in [0, 0.1) is 0 Å². The van der Waals surface area contributed by atoms with Crippen LogP contribution in [-0.2, 0) is 0 Å². The Bertz CT molecular complexity index is 397. The first kappa shape index (κ1) is 14.4. The third-order valence-electron chi connectivity index (χ3n) is 2.11. The zero-order chi connectivity index (χ0) is 13.4. The van der Waals surface area contributed by atoms with Crippen LogP contribution in [0.2, 0.25) is 5.28 Å². The average Bonchev–Trinajstić information content (AvgIpc) is 2.35. The molecule has 1 rings (SSSR count). The normalized spacial score (nSPS) is 9.89. The van der Waals surface area contributed by atoms with Gasteiger partial charge in [0.15, 0.2) is 0 Å². The second-order valence-corrected chi connectivity index (χ2v) is 3.98. The number of rotatable bonds is 8. The highest BCUT2D eigenvalue weighted by Gasteiger charge is 2.10. The van der Waals surface area contributed by atoms with E-state index in [4.69, 9.17) is 11.6 Å². The van der Waals surface area contributed by atoms with E-state index in [2.05, 4.69) is 40.4 Å². The highest BCUT2D eigenvalue weighted by atomic mass is 35.5. The lowest BCUT2D eigenvalue weighted by molar-refractivity contribution is 0.864. The molecule has 0 atom stereocenters. The quantitative estimate of drug-likeness (QED) is 0.734. The van der Waals surface area contributed by atoms with E-state index in [1.807, 2.05) is 4.90 Å². The standard InChI is InChI=1S/C12H18ClN5/c1-4-7-14-11-15-10(13)16-12(17-11)18(8-5-2)9-6-3/h5-6H,2-4,7-9H2,1H3,(H,14,15,16,17). The van der Waals surface area contributed by atoms with Crippen LogP contribution in [0.25, 0.3) is 0 Å². The SMILES string of the molecule is C=CCN(CC=C)c1nc(Cl)nc(NCCC)n1. The second kappa shape index (κ2) is 7.66. The van der Waals surface area contributed by atoms with Crippen molar-refractivity contribution in [3.05, 3.63) is 30.6 Å². The van der Waals surface area contributed by atoms with Gasteiger partial charge in [0, 0.05) is 19.6 Å². The predicted octanol–water partition coefficient (Wildman–Crippen LogP) is 2.53. The predicted molar refractivity (Wildman–Crippen MR) is 76.2 cm³/mol. The van der Waals surface area contributed by atoms with E-state index in [1.165, 1.54) is 0 Å². The summed E-state index contributed by atoms with van der Waals surface area (Å²) in [4.78, 5) is 14.4. The first-order valence-corrected chi connectivity index (χ1v) is 6.21. The molecule has 1 N–H and O–H groups in total. The second-order valence-electron chi connectivity index (χ2n) is 3.64. The molecule has 0 fully saturated rings. The number of nitrogens with zero attached hydrogens (tertiary/aromatic N) is 4. The van der Waals surface area contributed by atoms with Crippen molar-refractivity contribution < 1.29 is 0 Å². The van der Waals surface area contributed by atoms with Crippen LogP contribution in [0.4, 0.5) is 11.9 Å².